The molecule has 34 heavy (non-hydrogen) atoms. The molecule has 0 bridgehead atoms. The highest BCUT2D eigenvalue weighted by atomic mass is 28.4. The Labute approximate surface area is 212 Å². The topological polar surface area (TPSA) is 74.3 Å². The highest BCUT2D eigenvalue weighted by Crippen LogP contribution is 2.26. The van der Waals surface area contributed by atoms with Crippen LogP contribution >= 0.6 is 0 Å². The summed E-state index contributed by atoms with van der Waals surface area (Å²) in [5.74, 6) is -0.520. The zero-order valence-electron chi connectivity index (χ0n) is 23.8. The summed E-state index contributed by atoms with van der Waals surface area (Å²) in [4.78, 5) is 28.8. The average Bonchev–Trinajstić information content (AvgIpc) is 2.87. The molecule has 0 fully saturated rings. The van der Waals surface area contributed by atoms with Crippen LogP contribution in [0.15, 0.2) is 0 Å². The summed E-state index contributed by atoms with van der Waals surface area (Å²) in [5, 5.41) is 0. The summed E-state index contributed by atoms with van der Waals surface area (Å²) in [6.07, 6.45) is 0.874. The molecule has 0 aliphatic carbocycles. The van der Waals surface area contributed by atoms with E-state index in [0.29, 0.717) is 13.1 Å². The van der Waals surface area contributed by atoms with Gasteiger partial charge in [-0.15, -0.1) is 0 Å². The molecule has 1 unspecified atom stereocenters. The van der Waals surface area contributed by atoms with Crippen LogP contribution in [0.4, 0.5) is 0 Å². The van der Waals surface area contributed by atoms with Crippen molar-refractivity contribution in [3.05, 3.63) is 0 Å². The van der Waals surface area contributed by atoms with Gasteiger partial charge in [0.1, 0.15) is 6.04 Å². The Morgan fingerprint density at radius 2 is 1.21 bits per heavy atom. The first-order valence-corrected chi connectivity index (χ1v) is 20.9. The molecule has 0 spiro atoms. The molecule has 0 aromatic carbocycles. The van der Waals surface area contributed by atoms with E-state index in [2.05, 4.69) is 46.4 Å². The Morgan fingerprint density at radius 3 is 1.59 bits per heavy atom. The van der Waals surface area contributed by atoms with E-state index in [9.17, 15) is 9.59 Å². The predicted octanol–water partition coefficient (Wildman–Crippen LogP) is 5.92. The molecule has 0 rings (SSSR count). The lowest BCUT2D eigenvalue weighted by atomic mass is 10.1. The molecule has 202 valence electrons. The third kappa shape index (κ3) is 9.85. The van der Waals surface area contributed by atoms with E-state index in [1.807, 2.05) is 13.5 Å². The van der Waals surface area contributed by atoms with Gasteiger partial charge in [0.25, 0.3) is 22.6 Å². The molecular weight excluding hydrogens is 483 g/mol. The van der Waals surface area contributed by atoms with E-state index in [0.717, 1.165) is 48.7 Å². The van der Waals surface area contributed by atoms with Crippen LogP contribution in [-0.2, 0) is 27.3 Å². The highest BCUT2D eigenvalue weighted by Gasteiger charge is 2.40. The average molecular weight is 536 g/mol. The van der Waals surface area contributed by atoms with Gasteiger partial charge in [-0.1, -0.05) is 48.5 Å². The summed E-state index contributed by atoms with van der Waals surface area (Å²) >= 11 is 0. The standard InChI is InChI=1S/C24H53NO6Si3/c1-11-25(19-18-20-32(10,28-8)29-9)22(24(27)31-34(15-5,16-6)17-7)21-23(26)30-33(12-2,13-3)14-4/h22H,11-21H2,1-10H3. The second kappa shape index (κ2) is 16.3. The quantitative estimate of drug-likeness (QED) is 0.190. The molecule has 1 atom stereocenters. The van der Waals surface area contributed by atoms with Crippen LogP contribution in [0, 0.1) is 0 Å². The van der Waals surface area contributed by atoms with E-state index in [1.165, 1.54) is 0 Å². The van der Waals surface area contributed by atoms with Crippen LogP contribution in [0.3, 0.4) is 0 Å². The third-order valence-electron chi connectivity index (χ3n) is 7.93. The normalized spacial score (nSPS) is 13.7. The van der Waals surface area contributed by atoms with Crippen LogP contribution in [0.1, 0.15) is 61.3 Å². The third-order valence-corrected chi connectivity index (χ3v) is 19.9. The lowest BCUT2D eigenvalue weighted by Crippen LogP contribution is -2.50. The van der Waals surface area contributed by atoms with E-state index >= 15 is 0 Å². The summed E-state index contributed by atoms with van der Waals surface area (Å²) in [5.41, 5.74) is 0. The number of hydrogen-bond acceptors (Lipinski definition) is 7. The van der Waals surface area contributed by atoms with Gasteiger partial charge in [-0.3, -0.25) is 14.5 Å². The number of likely N-dealkylation sites (N-methyl/N-ethyl adjacent to an activating group) is 1. The lowest BCUT2D eigenvalue weighted by molar-refractivity contribution is -0.147. The minimum absolute atomic E-state index is 0.0479. The number of carbonyl (C=O) groups is 2. The molecular formula is C24H53NO6Si3. The number of rotatable bonds is 19. The Kier molecular flexibility index (Phi) is 16.0. The van der Waals surface area contributed by atoms with Crippen molar-refractivity contribution in [1.82, 2.24) is 4.90 Å². The maximum Gasteiger partial charge on any atom is 0.334 e. The monoisotopic (exact) mass is 535 g/mol. The van der Waals surface area contributed by atoms with Crippen molar-refractivity contribution in [3.63, 3.8) is 0 Å². The second-order valence-electron chi connectivity index (χ2n) is 9.38. The first-order chi connectivity index (χ1) is 16.0. The minimum atomic E-state index is -2.20. The number of carbonyl (C=O) groups excluding carboxylic acids is 2. The highest BCUT2D eigenvalue weighted by molar-refractivity contribution is 6.75. The first kappa shape index (κ1) is 33.5. The van der Waals surface area contributed by atoms with E-state index in [-0.39, 0.29) is 18.4 Å². The first-order valence-electron chi connectivity index (χ1n) is 13.3. The van der Waals surface area contributed by atoms with Crippen molar-refractivity contribution in [2.45, 2.75) is 116 Å². The van der Waals surface area contributed by atoms with Gasteiger partial charge in [0.2, 0.25) is 0 Å². The van der Waals surface area contributed by atoms with Gasteiger partial charge in [0, 0.05) is 14.2 Å². The summed E-state index contributed by atoms with van der Waals surface area (Å²) < 4.78 is 23.6. The number of hydrogen-bond donors (Lipinski definition) is 0. The van der Waals surface area contributed by atoms with Crippen molar-refractivity contribution in [3.8, 4) is 0 Å². The Hall–Kier alpha value is -0.529. The number of nitrogens with zero attached hydrogens (tertiary/aromatic N) is 1. The van der Waals surface area contributed by atoms with Gasteiger partial charge in [0.05, 0.1) is 6.42 Å². The zero-order valence-corrected chi connectivity index (χ0v) is 26.8. The SMILES string of the molecule is CCN(CCC[Si](C)(OC)OC)C(CC(=O)O[Si](CC)(CC)CC)C(=O)O[Si](CC)(CC)CC. The van der Waals surface area contributed by atoms with Crippen molar-refractivity contribution >= 4 is 37.1 Å². The predicted molar refractivity (Wildman–Crippen MR) is 147 cm³/mol. The lowest BCUT2D eigenvalue weighted by Gasteiger charge is -2.35. The van der Waals surface area contributed by atoms with E-state index in [4.69, 9.17) is 17.7 Å². The van der Waals surface area contributed by atoms with Crippen LogP contribution in [-0.4, -0.2) is 75.4 Å². The second-order valence-corrected chi connectivity index (χ2v) is 22.3. The smallest absolute Gasteiger partial charge is 0.334 e. The van der Waals surface area contributed by atoms with Gasteiger partial charge in [-0.05, 0) is 68.4 Å². The summed E-state index contributed by atoms with van der Waals surface area (Å²) in [7, 11) is -3.05. The molecule has 0 N–H and O–H groups in total. The van der Waals surface area contributed by atoms with Crippen molar-refractivity contribution in [2.24, 2.45) is 0 Å². The Bertz CT molecular complexity index is 579. The molecule has 0 saturated carbocycles. The largest absolute Gasteiger partial charge is 0.519 e. The molecule has 7 nitrogen and oxygen atoms in total. The van der Waals surface area contributed by atoms with Crippen LogP contribution in [0.25, 0.3) is 0 Å². The van der Waals surface area contributed by atoms with Crippen LogP contribution in [0.2, 0.25) is 48.9 Å². The van der Waals surface area contributed by atoms with Crippen molar-refractivity contribution in [1.29, 1.82) is 0 Å². The maximum absolute atomic E-state index is 13.6. The fraction of sp³-hybridized carbons (Fsp3) is 0.917. The van der Waals surface area contributed by atoms with Crippen molar-refractivity contribution < 1.29 is 27.3 Å². The summed E-state index contributed by atoms with van der Waals surface area (Å²) in [6, 6.07) is 5.55. The van der Waals surface area contributed by atoms with E-state index in [1.54, 1.807) is 14.2 Å². The molecule has 0 aromatic rings. The minimum Gasteiger partial charge on any atom is -0.519 e. The maximum atomic E-state index is 13.6. The molecule has 0 amide bonds. The van der Waals surface area contributed by atoms with Gasteiger partial charge in [-0.2, -0.15) is 0 Å². The van der Waals surface area contributed by atoms with Gasteiger partial charge in [-0.25, -0.2) is 0 Å². The Balaban J connectivity index is 5.76. The molecule has 0 aliphatic rings. The summed E-state index contributed by atoms with van der Waals surface area (Å²) in [6.45, 7) is 18.0. The van der Waals surface area contributed by atoms with Crippen LogP contribution < -0.4 is 0 Å². The van der Waals surface area contributed by atoms with Gasteiger partial charge >= 0.3 is 14.5 Å². The fourth-order valence-electron chi connectivity index (χ4n) is 4.44. The molecule has 10 heteroatoms. The molecule has 0 heterocycles. The van der Waals surface area contributed by atoms with Gasteiger partial charge < -0.3 is 17.7 Å². The fourth-order valence-corrected chi connectivity index (χ4v) is 10.8. The van der Waals surface area contributed by atoms with Gasteiger partial charge in [0.15, 0.2) is 0 Å². The molecule has 0 radical (unpaired) electrons. The molecule has 0 aliphatic heterocycles. The van der Waals surface area contributed by atoms with Crippen molar-refractivity contribution in [2.75, 3.05) is 27.3 Å². The van der Waals surface area contributed by atoms with Crippen LogP contribution in [0.5, 0.6) is 0 Å². The Morgan fingerprint density at radius 1 is 0.765 bits per heavy atom. The molecule has 0 aromatic heterocycles. The zero-order chi connectivity index (χ0) is 26.4. The molecule has 0 saturated heterocycles. The van der Waals surface area contributed by atoms with E-state index < -0.39 is 31.2 Å².